The Bertz CT molecular complexity index is 1510. The van der Waals surface area contributed by atoms with Gasteiger partial charge in [-0.1, -0.05) is 102 Å². The van der Waals surface area contributed by atoms with Gasteiger partial charge in [-0.05, 0) is 49.9 Å². The molecule has 2 aliphatic rings. The van der Waals surface area contributed by atoms with E-state index < -0.39 is 12.2 Å². The molecule has 0 aliphatic carbocycles. The van der Waals surface area contributed by atoms with E-state index in [9.17, 15) is 9.59 Å². The average molecular weight is 1030 g/mol. The van der Waals surface area contributed by atoms with E-state index in [2.05, 4.69) is 13.8 Å². The molecule has 416 valence electrons. The Morgan fingerprint density at radius 3 is 1.01 bits per heavy atom. The van der Waals surface area contributed by atoms with Crippen molar-refractivity contribution in [2.45, 2.75) is 116 Å². The molecule has 0 N–H and O–H groups in total. The Kier molecular flexibility index (Phi) is 35.9. The van der Waals surface area contributed by atoms with Gasteiger partial charge < -0.3 is 71.4 Å². The van der Waals surface area contributed by atoms with Gasteiger partial charge in [0.25, 0.3) is 11.8 Å². The van der Waals surface area contributed by atoms with Gasteiger partial charge in [0.15, 0.2) is 35.2 Å². The molecule has 73 heavy (non-hydrogen) atoms. The number of para-hydroxylation sites is 4. The Morgan fingerprint density at radius 2 is 0.685 bits per heavy atom. The maximum atomic E-state index is 14.3. The van der Waals surface area contributed by atoms with E-state index in [0.717, 1.165) is 38.5 Å². The highest BCUT2D eigenvalue weighted by Crippen LogP contribution is 2.30. The number of hydrogen-bond donors (Lipinski definition) is 0. The van der Waals surface area contributed by atoms with Crippen molar-refractivity contribution in [3.05, 3.63) is 48.5 Å². The molecule has 2 fully saturated rings. The van der Waals surface area contributed by atoms with Crippen LogP contribution in [0.2, 0.25) is 0 Å². The Balaban J connectivity index is 1.32. The first-order chi connectivity index (χ1) is 36.1. The first-order valence-electron chi connectivity index (χ1n) is 27.6. The molecule has 0 radical (unpaired) electrons. The highest BCUT2D eigenvalue weighted by molar-refractivity contribution is 5.82. The maximum absolute atomic E-state index is 14.3. The third-order valence-corrected chi connectivity index (χ3v) is 12.3. The van der Waals surface area contributed by atoms with Crippen molar-refractivity contribution >= 4 is 11.8 Å². The summed E-state index contributed by atoms with van der Waals surface area (Å²) in [6.07, 6.45) is 12.8. The second-order valence-corrected chi connectivity index (χ2v) is 18.1. The molecule has 0 spiro atoms. The number of hydrogen-bond acceptors (Lipinski definition) is 15. The second-order valence-electron chi connectivity index (χ2n) is 18.1. The van der Waals surface area contributed by atoms with E-state index in [1.165, 1.54) is 38.5 Å². The van der Waals surface area contributed by atoms with Crippen LogP contribution in [0.5, 0.6) is 23.0 Å². The largest absolute Gasteiger partial charge is 0.487 e. The highest BCUT2D eigenvalue weighted by Gasteiger charge is 2.29. The third kappa shape index (κ3) is 28.6. The van der Waals surface area contributed by atoms with Crippen LogP contribution in [0.25, 0.3) is 0 Å². The fourth-order valence-electron chi connectivity index (χ4n) is 8.14. The zero-order valence-corrected chi connectivity index (χ0v) is 44.7. The SMILES string of the molecule is CCCCCCCCC(Oc1ccccc1OCCOCCOc1ccccc1OC(CCCCCCCC)C(=O)N1CCOCCOCCOCCOCC1)C(=O)N1CCOCCOCCOCCOCC1. The lowest BCUT2D eigenvalue weighted by Gasteiger charge is -2.28. The standard InChI is InChI=1S/C56H92N2O15/c1-3-5-7-9-11-13-23-53(55(59)57-25-29-61-33-37-65-41-42-66-38-34-62-30-26-57)72-51-21-17-15-19-49(51)70-47-45-69-46-48-71-50-20-16-18-22-52(50)73-54(24-14-12-10-8-6-4-2)56(60)58-27-31-63-35-39-67-43-44-68-40-36-64-32-28-58/h15-22,53-54H,3-14,23-48H2,1-2H3. The summed E-state index contributed by atoms with van der Waals surface area (Å²) in [5.74, 6) is 1.84. The summed E-state index contributed by atoms with van der Waals surface area (Å²) in [6, 6.07) is 14.9. The molecule has 2 unspecified atom stereocenters. The van der Waals surface area contributed by atoms with E-state index in [-0.39, 0.29) is 38.2 Å². The van der Waals surface area contributed by atoms with Crippen LogP contribution in [0.15, 0.2) is 48.5 Å². The van der Waals surface area contributed by atoms with Gasteiger partial charge in [-0.25, -0.2) is 0 Å². The van der Waals surface area contributed by atoms with Crippen LogP contribution in [-0.4, -0.2) is 192 Å². The maximum Gasteiger partial charge on any atom is 0.263 e. The van der Waals surface area contributed by atoms with E-state index in [1.807, 2.05) is 48.5 Å². The molecule has 2 aromatic rings. The number of ether oxygens (including phenoxy) is 13. The third-order valence-electron chi connectivity index (χ3n) is 12.3. The van der Waals surface area contributed by atoms with Crippen molar-refractivity contribution in [1.82, 2.24) is 9.80 Å². The van der Waals surface area contributed by atoms with Crippen LogP contribution >= 0.6 is 0 Å². The van der Waals surface area contributed by atoms with Crippen LogP contribution in [0.1, 0.15) is 104 Å². The van der Waals surface area contributed by atoms with E-state index >= 15 is 0 Å². The van der Waals surface area contributed by atoms with Crippen molar-refractivity contribution < 1.29 is 71.2 Å². The Hall–Kier alpha value is -3.78. The van der Waals surface area contributed by atoms with Crippen LogP contribution in [-0.2, 0) is 52.2 Å². The fraction of sp³-hybridized carbons (Fsp3) is 0.750. The Morgan fingerprint density at radius 1 is 0.397 bits per heavy atom. The zero-order chi connectivity index (χ0) is 51.5. The normalized spacial score (nSPS) is 17.7. The lowest BCUT2D eigenvalue weighted by molar-refractivity contribution is -0.141. The predicted octanol–water partition coefficient (Wildman–Crippen LogP) is 7.97. The van der Waals surface area contributed by atoms with Crippen LogP contribution in [0.4, 0.5) is 0 Å². The van der Waals surface area contributed by atoms with Gasteiger partial charge in [-0.3, -0.25) is 9.59 Å². The molecular formula is C56H92N2O15. The van der Waals surface area contributed by atoms with Crippen molar-refractivity contribution in [3.63, 3.8) is 0 Å². The molecule has 17 heteroatoms. The quantitative estimate of drug-likeness (QED) is 0.0755. The van der Waals surface area contributed by atoms with E-state index in [0.29, 0.717) is 168 Å². The van der Waals surface area contributed by atoms with E-state index in [1.54, 1.807) is 9.80 Å². The zero-order valence-electron chi connectivity index (χ0n) is 44.7. The van der Waals surface area contributed by atoms with Gasteiger partial charge in [-0.15, -0.1) is 0 Å². The topological polar surface area (TPSA) is 161 Å². The molecule has 17 nitrogen and oxygen atoms in total. The van der Waals surface area contributed by atoms with Crippen molar-refractivity contribution in [3.8, 4) is 23.0 Å². The van der Waals surface area contributed by atoms with Gasteiger partial charge in [0.1, 0.15) is 13.2 Å². The second kappa shape index (κ2) is 42.4. The summed E-state index contributed by atoms with van der Waals surface area (Å²) >= 11 is 0. The summed E-state index contributed by atoms with van der Waals surface area (Å²) in [5, 5.41) is 0. The number of benzene rings is 2. The molecule has 0 bridgehead atoms. The number of carbonyl (C=O) groups is 2. The molecule has 0 aromatic heterocycles. The summed E-state index contributed by atoms with van der Waals surface area (Å²) in [4.78, 5) is 32.2. The average Bonchev–Trinajstić information content (AvgIpc) is 3.43. The lowest BCUT2D eigenvalue weighted by Crippen LogP contribution is -2.45. The number of rotatable bonds is 28. The van der Waals surface area contributed by atoms with Gasteiger partial charge >= 0.3 is 0 Å². The Labute approximate surface area is 437 Å². The predicted molar refractivity (Wildman–Crippen MR) is 279 cm³/mol. The molecule has 2 heterocycles. The molecule has 4 rings (SSSR count). The molecule has 2 aliphatic heterocycles. The van der Waals surface area contributed by atoms with Crippen molar-refractivity contribution in [2.24, 2.45) is 0 Å². The lowest BCUT2D eigenvalue weighted by atomic mass is 10.1. The van der Waals surface area contributed by atoms with Gasteiger partial charge in [0, 0.05) is 26.2 Å². The molecule has 2 saturated heterocycles. The van der Waals surface area contributed by atoms with Crippen LogP contribution in [0.3, 0.4) is 0 Å². The number of nitrogens with zero attached hydrogens (tertiary/aromatic N) is 2. The first kappa shape index (κ1) is 61.8. The van der Waals surface area contributed by atoms with Crippen molar-refractivity contribution in [2.75, 3.05) is 158 Å². The molecule has 2 aromatic carbocycles. The minimum Gasteiger partial charge on any atom is -0.487 e. The minimum atomic E-state index is -0.716. The van der Waals surface area contributed by atoms with Gasteiger partial charge in [0.2, 0.25) is 0 Å². The summed E-state index contributed by atoms with van der Waals surface area (Å²) in [5.41, 5.74) is 0. The summed E-state index contributed by atoms with van der Waals surface area (Å²) in [7, 11) is 0. The number of amides is 2. The smallest absolute Gasteiger partial charge is 0.263 e. The van der Waals surface area contributed by atoms with Crippen molar-refractivity contribution in [1.29, 1.82) is 0 Å². The molecule has 0 saturated carbocycles. The van der Waals surface area contributed by atoms with Crippen LogP contribution in [0, 0.1) is 0 Å². The van der Waals surface area contributed by atoms with E-state index in [4.69, 9.17) is 61.6 Å². The molecule has 2 amide bonds. The monoisotopic (exact) mass is 1030 g/mol. The van der Waals surface area contributed by atoms with Gasteiger partial charge in [0.05, 0.1) is 119 Å². The number of unbranched alkanes of at least 4 members (excludes halogenated alkanes) is 10. The molecule has 2 atom stereocenters. The highest BCUT2D eigenvalue weighted by atomic mass is 16.6. The number of carbonyl (C=O) groups excluding carboxylic acids is 2. The fourth-order valence-corrected chi connectivity index (χ4v) is 8.14. The van der Waals surface area contributed by atoms with Crippen LogP contribution < -0.4 is 18.9 Å². The first-order valence-corrected chi connectivity index (χ1v) is 27.6. The minimum absolute atomic E-state index is 0.106. The molecular weight excluding hydrogens is 941 g/mol. The summed E-state index contributed by atoms with van der Waals surface area (Å²) < 4.78 is 77.2. The van der Waals surface area contributed by atoms with Gasteiger partial charge in [-0.2, -0.15) is 0 Å². The summed E-state index contributed by atoms with van der Waals surface area (Å²) in [6.45, 7) is 14.2.